The second-order valence-electron chi connectivity index (χ2n) is 4.42. The number of nitrogens with one attached hydrogen (secondary N) is 1. The van der Waals surface area contributed by atoms with Crippen LogP contribution in [0.3, 0.4) is 0 Å². The van der Waals surface area contributed by atoms with Gasteiger partial charge in [0.25, 0.3) is 0 Å². The average Bonchev–Trinajstić information content (AvgIpc) is 2.39. The minimum atomic E-state index is 0.393. The number of hydrogen-bond donors (Lipinski definition) is 1. The first-order chi connectivity index (χ1) is 9.54. The van der Waals surface area contributed by atoms with Crippen molar-refractivity contribution in [3.05, 3.63) is 27.2 Å². The van der Waals surface area contributed by atoms with Crippen molar-refractivity contribution in [1.82, 2.24) is 5.32 Å². The fraction of sp³-hybridized carbons (Fsp3) is 0.571. The number of rotatable bonds is 9. The summed E-state index contributed by atoms with van der Waals surface area (Å²) in [5.41, 5.74) is 0. The molecule has 0 saturated heterocycles. The van der Waals surface area contributed by atoms with Crippen molar-refractivity contribution in [1.29, 1.82) is 0 Å². The van der Waals surface area contributed by atoms with E-state index in [1.54, 1.807) is 12.1 Å². The highest BCUT2D eigenvalue weighted by Crippen LogP contribution is 2.35. The van der Waals surface area contributed by atoms with Crippen molar-refractivity contribution in [3.63, 3.8) is 0 Å². The van der Waals surface area contributed by atoms with Crippen molar-refractivity contribution in [2.45, 2.75) is 26.3 Å². The zero-order valence-corrected chi connectivity index (χ0v) is 14.0. The summed E-state index contributed by atoms with van der Waals surface area (Å²) in [7, 11) is 0. The van der Waals surface area contributed by atoms with Crippen LogP contribution in [0.15, 0.2) is 12.1 Å². The smallest absolute Gasteiger partial charge is 0.156 e. The fourth-order valence-corrected chi connectivity index (χ4v) is 2.42. The molecule has 0 aliphatic carbocycles. The van der Waals surface area contributed by atoms with E-state index in [0.29, 0.717) is 46.7 Å². The standard InChI is InChI=1S/C14H20Cl3NO2/c1-3-10(2)18-4-5-19-6-7-20-14-12(16)8-11(15)9-13(14)17/h8-10,18H,3-7H2,1-2H3/t10-/m1/s1. The second kappa shape index (κ2) is 9.69. The van der Waals surface area contributed by atoms with Crippen molar-refractivity contribution in [3.8, 4) is 5.75 Å². The van der Waals surface area contributed by atoms with E-state index >= 15 is 0 Å². The van der Waals surface area contributed by atoms with E-state index in [9.17, 15) is 0 Å². The van der Waals surface area contributed by atoms with Gasteiger partial charge < -0.3 is 14.8 Å². The van der Waals surface area contributed by atoms with Crippen LogP contribution in [0.1, 0.15) is 20.3 Å². The maximum atomic E-state index is 6.00. The van der Waals surface area contributed by atoms with E-state index in [1.807, 2.05) is 0 Å². The van der Waals surface area contributed by atoms with Crippen LogP contribution in [0.25, 0.3) is 0 Å². The molecule has 1 N–H and O–H groups in total. The van der Waals surface area contributed by atoms with Crippen LogP contribution in [0.4, 0.5) is 0 Å². The van der Waals surface area contributed by atoms with Crippen LogP contribution in [-0.4, -0.2) is 32.4 Å². The quantitative estimate of drug-likeness (QED) is 0.675. The molecule has 0 aliphatic heterocycles. The maximum Gasteiger partial charge on any atom is 0.156 e. The molecule has 1 aromatic rings. The average molecular weight is 341 g/mol. The Morgan fingerprint density at radius 3 is 2.35 bits per heavy atom. The van der Waals surface area contributed by atoms with Crippen molar-refractivity contribution < 1.29 is 9.47 Å². The molecule has 0 amide bonds. The van der Waals surface area contributed by atoms with Crippen molar-refractivity contribution >= 4 is 34.8 Å². The van der Waals surface area contributed by atoms with Gasteiger partial charge in [-0.25, -0.2) is 0 Å². The largest absolute Gasteiger partial charge is 0.488 e. The summed E-state index contributed by atoms with van der Waals surface area (Å²) in [5, 5.41) is 4.64. The molecule has 0 aromatic heterocycles. The monoisotopic (exact) mass is 339 g/mol. The van der Waals surface area contributed by atoms with Gasteiger partial charge in [0.1, 0.15) is 6.61 Å². The molecule has 1 atom stereocenters. The summed E-state index contributed by atoms with van der Waals surface area (Å²) in [6, 6.07) is 3.71. The molecular formula is C14H20Cl3NO2. The number of halogens is 3. The first-order valence-electron chi connectivity index (χ1n) is 6.63. The maximum absolute atomic E-state index is 6.00. The Bertz CT molecular complexity index is 392. The summed E-state index contributed by atoms with van der Waals surface area (Å²) in [4.78, 5) is 0. The Morgan fingerprint density at radius 2 is 1.75 bits per heavy atom. The second-order valence-corrected chi connectivity index (χ2v) is 5.67. The Labute approximate surface area is 135 Å². The summed E-state index contributed by atoms with van der Waals surface area (Å²) in [5.74, 6) is 0.444. The summed E-state index contributed by atoms with van der Waals surface area (Å²) >= 11 is 17.8. The fourth-order valence-electron chi connectivity index (χ4n) is 1.49. The lowest BCUT2D eigenvalue weighted by atomic mass is 10.3. The summed E-state index contributed by atoms with van der Waals surface area (Å²) < 4.78 is 11.0. The summed E-state index contributed by atoms with van der Waals surface area (Å²) in [6.45, 7) is 6.65. The third-order valence-electron chi connectivity index (χ3n) is 2.79. The number of ether oxygens (including phenoxy) is 2. The van der Waals surface area contributed by atoms with Gasteiger partial charge in [0.05, 0.1) is 23.3 Å². The molecule has 0 radical (unpaired) electrons. The van der Waals surface area contributed by atoms with Gasteiger partial charge >= 0.3 is 0 Å². The molecule has 0 unspecified atom stereocenters. The lowest BCUT2D eigenvalue weighted by Crippen LogP contribution is -2.29. The van der Waals surface area contributed by atoms with Crippen LogP contribution in [0, 0.1) is 0 Å². The first-order valence-corrected chi connectivity index (χ1v) is 7.76. The molecule has 20 heavy (non-hydrogen) atoms. The highest BCUT2D eigenvalue weighted by atomic mass is 35.5. The Balaban J connectivity index is 2.19. The Hall–Kier alpha value is -0.190. The minimum absolute atomic E-state index is 0.393. The molecule has 6 heteroatoms. The van der Waals surface area contributed by atoms with Crippen molar-refractivity contribution in [2.75, 3.05) is 26.4 Å². The van der Waals surface area contributed by atoms with Crippen LogP contribution in [-0.2, 0) is 4.74 Å². The molecule has 1 rings (SSSR count). The van der Waals surface area contributed by atoms with Crippen LogP contribution in [0.5, 0.6) is 5.75 Å². The van der Waals surface area contributed by atoms with E-state index < -0.39 is 0 Å². The van der Waals surface area contributed by atoms with E-state index in [4.69, 9.17) is 44.3 Å². The van der Waals surface area contributed by atoms with Gasteiger partial charge in [-0.15, -0.1) is 0 Å². The van der Waals surface area contributed by atoms with Gasteiger partial charge in [-0.2, -0.15) is 0 Å². The Kier molecular flexibility index (Phi) is 8.66. The van der Waals surface area contributed by atoms with Gasteiger partial charge in [-0.05, 0) is 25.5 Å². The summed E-state index contributed by atoms with van der Waals surface area (Å²) in [6.07, 6.45) is 1.11. The molecule has 3 nitrogen and oxygen atoms in total. The SMILES string of the molecule is CC[C@@H](C)NCCOCCOc1c(Cl)cc(Cl)cc1Cl. The predicted molar refractivity (Wildman–Crippen MR) is 85.5 cm³/mol. The number of benzene rings is 1. The third-order valence-corrected chi connectivity index (χ3v) is 3.57. The molecular weight excluding hydrogens is 321 g/mol. The minimum Gasteiger partial charge on any atom is -0.488 e. The molecule has 0 spiro atoms. The zero-order chi connectivity index (χ0) is 15.0. The lowest BCUT2D eigenvalue weighted by molar-refractivity contribution is 0.101. The molecule has 0 saturated carbocycles. The van der Waals surface area contributed by atoms with E-state index in [0.717, 1.165) is 13.0 Å². The van der Waals surface area contributed by atoms with Crippen LogP contribution >= 0.6 is 34.8 Å². The molecule has 1 aromatic carbocycles. The van der Waals surface area contributed by atoms with Gasteiger partial charge in [-0.1, -0.05) is 41.7 Å². The Morgan fingerprint density at radius 1 is 1.10 bits per heavy atom. The van der Waals surface area contributed by atoms with E-state index in [1.165, 1.54) is 0 Å². The topological polar surface area (TPSA) is 30.5 Å². The molecule has 114 valence electrons. The van der Waals surface area contributed by atoms with Gasteiger partial charge in [0, 0.05) is 17.6 Å². The molecule has 0 fully saturated rings. The molecule has 0 aliphatic rings. The third kappa shape index (κ3) is 6.51. The van der Waals surface area contributed by atoms with Gasteiger partial charge in [0.2, 0.25) is 0 Å². The molecule has 0 bridgehead atoms. The highest BCUT2D eigenvalue weighted by Gasteiger charge is 2.08. The lowest BCUT2D eigenvalue weighted by Gasteiger charge is -2.12. The predicted octanol–water partition coefficient (Wildman–Crippen LogP) is 4.43. The number of hydrogen-bond acceptors (Lipinski definition) is 3. The van der Waals surface area contributed by atoms with E-state index in [2.05, 4.69) is 19.2 Å². The highest BCUT2D eigenvalue weighted by molar-refractivity contribution is 6.40. The normalized spacial score (nSPS) is 12.4. The van der Waals surface area contributed by atoms with Crippen LogP contribution in [0.2, 0.25) is 15.1 Å². The zero-order valence-electron chi connectivity index (χ0n) is 11.7. The van der Waals surface area contributed by atoms with Gasteiger partial charge in [-0.3, -0.25) is 0 Å². The first kappa shape index (κ1) is 17.9. The van der Waals surface area contributed by atoms with Crippen molar-refractivity contribution in [2.24, 2.45) is 0 Å². The molecule has 0 heterocycles. The van der Waals surface area contributed by atoms with Crippen LogP contribution < -0.4 is 10.1 Å². The van der Waals surface area contributed by atoms with E-state index in [-0.39, 0.29) is 0 Å². The van der Waals surface area contributed by atoms with Gasteiger partial charge in [0.15, 0.2) is 5.75 Å².